The van der Waals surface area contributed by atoms with E-state index in [9.17, 15) is 0 Å². The molecule has 0 heterocycles. The van der Waals surface area contributed by atoms with Crippen molar-refractivity contribution in [1.82, 2.24) is 0 Å². The van der Waals surface area contributed by atoms with Gasteiger partial charge in [-0.3, -0.25) is 0 Å². The van der Waals surface area contributed by atoms with Gasteiger partial charge in [0, 0.05) is 0 Å². The maximum atomic E-state index is 2.67. The standard InChI is InChI=1S/C23H21.C13H10.C11H17.2ClH.Zr/c1-22(2)7-5-14-10-18-16(12-20(14)22)9-17-13-21-15(11-19(17)18)6-8-23(21,3)4;1-3-7-12(8-4-1)11-13-9-5-2-6-10-13;1-5-9-6-7-10(8-9)11(2,3)4;;;/h5-7,10-13H,9H2,1-4H3;1-10H;7-9H,5H2,1-4H3;2*1H;/q;;;;;+2/p-2. The van der Waals surface area contributed by atoms with Crippen molar-refractivity contribution in [1.29, 1.82) is 0 Å². The Balaban J connectivity index is 0.00000216. The molecule has 0 spiro atoms. The average molecular weight is 775 g/mol. The molecule has 8 rings (SSSR count). The molecule has 4 aromatic carbocycles. The number of hydrogen-bond donors (Lipinski definition) is 0. The van der Waals surface area contributed by atoms with Gasteiger partial charge < -0.3 is 24.8 Å². The molecule has 0 bridgehead atoms. The number of halogens is 2. The van der Waals surface area contributed by atoms with Crippen molar-refractivity contribution in [3.05, 3.63) is 160 Å². The molecule has 50 heavy (non-hydrogen) atoms. The van der Waals surface area contributed by atoms with Crippen LogP contribution in [0.5, 0.6) is 0 Å². The molecule has 4 aromatic rings. The van der Waals surface area contributed by atoms with Crippen LogP contribution in [0, 0.1) is 11.3 Å². The number of benzene rings is 4. The first-order chi connectivity index (χ1) is 22.9. The van der Waals surface area contributed by atoms with Crippen LogP contribution in [0.2, 0.25) is 0 Å². The SMILES string of the molecule is CCC1C=C(C(C)(C)C)C=[C]1[Zr+2]([C]1=Cc2cc3c(cc2C1(C)C)Cc1cc2c(cc1-3)C=CC2(C)C)=[C](c1ccccc1)c1ccccc1.[Cl-].[Cl-]. The number of fused-ring (bicyclic) bond motifs is 5. The summed E-state index contributed by atoms with van der Waals surface area (Å²) < 4.78 is 5.06. The van der Waals surface area contributed by atoms with Gasteiger partial charge in [-0.05, 0) is 0 Å². The Morgan fingerprint density at radius 1 is 0.740 bits per heavy atom. The Morgan fingerprint density at radius 3 is 1.86 bits per heavy atom. The first kappa shape index (κ1) is 36.9. The van der Waals surface area contributed by atoms with Crippen LogP contribution in [0.3, 0.4) is 0 Å². The van der Waals surface area contributed by atoms with Gasteiger partial charge in [0.1, 0.15) is 0 Å². The minimum Gasteiger partial charge on any atom is -1.00 e. The molecule has 0 saturated carbocycles. The molecule has 1 atom stereocenters. The number of hydrogen-bond acceptors (Lipinski definition) is 0. The first-order valence-corrected chi connectivity index (χ1v) is 21.6. The minimum atomic E-state index is -2.81. The largest absolute Gasteiger partial charge is 1.00 e. The van der Waals surface area contributed by atoms with Crippen LogP contribution >= 0.6 is 0 Å². The summed E-state index contributed by atoms with van der Waals surface area (Å²) in [6, 6.07) is 32.9. The number of rotatable bonds is 5. The van der Waals surface area contributed by atoms with Crippen molar-refractivity contribution in [3.8, 4) is 11.1 Å². The third-order valence-corrected chi connectivity index (χ3v) is 20.1. The Bertz CT molecular complexity index is 2110. The molecule has 3 heteroatoms. The van der Waals surface area contributed by atoms with Gasteiger partial charge >= 0.3 is 298 Å². The van der Waals surface area contributed by atoms with E-state index in [4.69, 9.17) is 0 Å². The maximum Gasteiger partial charge on any atom is -1.00 e. The second kappa shape index (κ2) is 13.3. The Morgan fingerprint density at radius 2 is 1.30 bits per heavy atom. The van der Waals surface area contributed by atoms with Crippen LogP contribution in [0.1, 0.15) is 106 Å². The van der Waals surface area contributed by atoms with E-state index in [1.54, 1.807) is 9.77 Å². The first-order valence-electron chi connectivity index (χ1n) is 17.9. The monoisotopic (exact) mass is 772 g/mol. The maximum absolute atomic E-state index is 2.81. The summed E-state index contributed by atoms with van der Waals surface area (Å²) in [5.41, 5.74) is 16.2. The van der Waals surface area contributed by atoms with Gasteiger partial charge in [0.25, 0.3) is 0 Å². The predicted molar refractivity (Wildman–Crippen MR) is 203 cm³/mol. The van der Waals surface area contributed by atoms with Crippen molar-refractivity contribution in [3.63, 3.8) is 0 Å². The average Bonchev–Trinajstić information content (AvgIpc) is 3.79. The molecular formula is C47H48Cl2Zr. The molecule has 0 aromatic heterocycles. The predicted octanol–water partition coefficient (Wildman–Crippen LogP) is 5.99. The van der Waals surface area contributed by atoms with Gasteiger partial charge in [-0.25, -0.2) is 0 Å². The van der Waals surface area contributed by atoms with Crippen LogP contribution in [0.4, 0.5) is 0 Å². The summed E-state index contributed by atoms with van der Waals surface area (Å²) >= 11 is -2.81. The van der Waals surface area contributed by atoms with E-state index >= 15 is 0 Å². The fraction of sp³-hybridized carbons (Fsp3) is 0.298. The summed E-state index contributed by atoms with van der Waals surface area (Å²) in [7, 11) is 0. The Labute approximate surface area is 320 Å². The van der Waals surface area contributed by atoms with Gasteiger partial charge in [-0.2, -0.15) is 0 Å². The molecule has 0 saturated heterocycles. The molecule has 4 aliphatic rings. The van der Waals surface area contributed by atoms with Gasteiger partial charge in [0.05, 0.1) is 0 Å². The van der Waals surface area contributed by atoms with Crippen LogP contribution < -0.4 is 24.8 Å². The smallest absolute Gasteiger partial charge is 1.00 e. The zero-order valence-corrected chi connectivity index (χ0v) is 34.7. The van der Waals surface area contributed by atoms with E-state index in [-0.39, 0.29) is 41.1 Å². The Hall–Kier alpha value is -2.83. The van der Waals surface area contributed by atoms with Crippen LogP contribution in [0.25, 0.3) is 23.3 Å². The summed E-state index contributed by atoms with van der Waals surface area (Å²) in [5, 5.41) is 0. The normalized spacial score (nSPS) is 18.3. The van der Waals surface area contributed by atoms with E-state index in [1.807, 2.05) is 0 Å². The fourth-order valence-corrected chi connectivity index (χ4v) is 18.1. The van der Waals surface area contributed by atoms with Crippen LogP contribution in [-0.2, 0) is 38.5 Å². The van der Waals surface area contributed by atoms with Crippen molar-refractivity contribution in [2.45, 2.75) is 79.1 Å². The topological polar surface area (TPSA) is 0 Å². The summed E-state index contributed by atoms with van der Waals surface area (Å²) in [4.78, 5) is 0. The molecule has 4 aliphatic carbocycles. The quantitative estimate of drug-likeness (QED) is 0.206. The summed E-state index contributed by atoms with van der Waals surface area (Å²) in [5.74, 6) is 0.493. The molecular weight excluding hydrogens is 727 g/mol. The second-order valence-corrected chi connectivity index (χ2v) is 22.4. The van der Waals surface area contributed by atoms with E-state index in [1.165, 1.54) is 61.2 Å². The zero-order valence-electron chi connectivity index (χ0n) is 30.7. The minimum absolute atomic E-state index is 0. The van der Waals surface area contributed by atoms with E-state index in [2.05, 4.69) is 171 Å². The van der Waals surface area contributed by atoms with E-state index < -0.39 is 21.3 Å². The molecule has 254 valence electrons. The molecule has 0 fully saturated rings. The molecule has 0 N–H and O–H groups in total. The van der Waals surface area contributed by atoms with Crippen molar-refractivity contribution in [2.75, 3.05) is 0 Å². The molecule has 0 radical (unpaired) electrons. The fourth-order valence-electron chi connectivity index (χ4n) is 8.72. The second-order valence-electron chi connectivity index (χ2n) is 16.6. The summed E-state index contributed by atoms with van der Waals surface area (Å²) in [6.45, 7) is 19.3. The van der Waals surface area contributed by atoms with Crippen molar-refractivity contribution < 1.29 is 46.1 Å². The zero-order chi connectivity index (χ0) is 33.6. The van der Waals surface area contributed by atoms with Crippen molar-refractivity contribution >= 4 is 15.4 Å². The Kier molecular flexibility index (Phi) is 9.83. The van der Waals surface area contributed by atoms with Gasteiger partial charge in [0.15, 0.2) is 0 Å². The molecule has 0 nitrogen and oxygen atoms in total. The summed E-state index contributed by atoms with van der Waals surface area (Å²) in [6.07, 6.45) is 14.9. The van der Waals surface area contributed by atoms with Gasteiger partial charge in [-0.1, -0.05) is 0 Å². The molecule has 1 unspecified atom stereocenters. The van der Waals surface area contributed by atoms with Crippen molar-refractivity contribution in [2.24, 2.45) is 11.3 Å². The number of allylic oxidation sites excluding steroid dienone is 6. The molecule has 0 amide bonds. The van der Waals surface area contributed by atoms with E-state index in [0.717, 1.165) is 12.8 Å². The molecule has 0 aliphatic heterocycles. The van der Waals surface area contributed by atoms with Crippen LogP contribution in [0.15, 0.2) is 115 Å². The third kappa shape index (κ3) is 6.00. The van der Waals surface area contributed by atoms with Gasteiger partial charge in [0.2, 0.25) is 0 Å². The van der Waals surface area contributed by atoms with Crippen LogP contribution in [-0.4, -0.2) is 3.21 Å². The van der Waals surface area contributed by atoms with E-state index in [0.29, 0.717) is 5.92 Å². The third-order valence-electron chi connectivity index (χ3n) is 11.6. The van der Waals surface area contributed by atoms with Gasteiger partial charge in [-0.15, -0.1) is 0 Å².